The first-order valence-corrected chi connectivity index (χ1v) is 10.6. The van der Waals surface area contributed by atoms with Crippen molar-refractivity contribution in [3.05, 3.63) is 53.3 Å². The van der Waals surface area contributed by atoms with Crippen LogP contribution in [0.3, 0.4) is 0 Å². The van der Waals surface area contributed by atoms with E-state index in [2.05, 4.69) is 10.3 Å². The maximum Gasteiger partial charge on any atom is 0.243 e. The van der Waals surface area contributed by atoms with Gasteiger partial charge in [-0.15, -0.1) is 12.4 Å². The molecule has 1 fully saturated rings. The Morgan fingerprint density at radius 1 is 1.32 bits per heavy atom. The Kier molecular flexibility index (Phi) is 7.45. The van der Waals surface area contributed by atoms with E-state index < -0.39 is 10.0 Å². The lowest BCUT2D eigenvalue weighted by Crippen LogP contribution is -2.48. The molecule has 1 aromatic carbocycles. The highest BCUT2D eigenvalue weighted by Gasteiger charge is 2.36. The van der Waals surface area contributed by atoms with E-state index in [1.807, 2.05) is 39.0 Å². The highest BCUT2D eigenvalue weighted by atomic mass is 35.5. The Bertz CT molecular complexity index is 904. The second-order valence-corrected chi connectivity index (χ2v) is 9.00. The number of pyridine rings is 1. The standard InChI is InChI=1S/C20H27N3O3S.ClH/c1-14(2)17-11-20(15(3)10-19(17)26-4)27(24,25)23-9-8-22-13-18(23)16-6-5-7-21-12-16;/h5-7,10-12,14,18,22H,8-9,13H2,1-4H3;1H. The zero-order valence-electron chi connectivity index (χ0n) is 16.7. The maximum atomic E-state index is 13.6. The number of sulfonamides is 1. The lowest BCUT2D eigenvalue weighted by Gasteiger charge is -2.35. The highest BCUT2D eigenvalue weighted by molar-refractivity contribution is 7.89. The number of benzene rings is 1. The number of halogens is 1. The SMILES string of the molecule is COc1cc(C)c(S(=O)(=O)N2CCNCC2c2cccnc2)cc1C(C)C.Cl. The molecule has 0 spiro atoms. The third kappa shape index (κ3) is 4.33. The molecule has 1 saturated heterocycles. The fourth-order valence-corrected chi connectivity index (χ4v) is 5.40. The molecule has 1 unspecified atom stereocenters. The average Bonchev–Trinajstić information content (AvgIpc) is 2.68. The van der Waals surface area contributed by atoms with Crippen LogP contribution in [-0.2, 0) is 10.0 Å². The topological polar surface area (TPSA) is 71.5 Å². The molecule has 1 atom stereocenters. The van der Waals surface area contributed by atoms with Gasteiger partial charge in [-0.1, -0.05) is 19.9 Å². The predicted molar refractivity (Wildman–Crippen MR) is 113 cm³/mol. The van der Waals surface area contributed by atoms with Crippen LogP contribution in [0.25, 0.3) is 0 Å². The summed E-state index contributed by atoms with van der Waals surface area (Å²) in [7, 11) is -2.05. The van der Waals surface area contributed by atoms with Crippen molar-refractivity contribution in [3.8, 4) is 5.75 Å². The Balaban J connectivity index is 0.00000280. The summed E-state index contributed by atoms with van der Waals surface area (Å²) in [6.45, 7) is 7.50. The van der Waals surface area contributed by atoms with Crippen molar-refractivity contribution in [1.82, 2.24) is 14.6 Å². The monoisotopic (exact) mass is 425 g/mol. The molecule has 0 amide bonds. The highest BCUT2D eigenvalue weighted by Crippen LogP contribution is 2.35. The lowest BCUT2D eigenvalue weighted by molar-refractivity contribution is 0.271. The number of aromatic nitrogens is 1. The van der Waals surface area contributed by atoms with E-state index in [1.54, 1.807) is 29.9 Å². The summed E-state index contributed by atoms with van der Waals surface area (Å²) in [6.07, 6.45) is 3.43. The molecule has 2 aromatic rings. The van der Waals surface area contributed by atoms with Crippen LogP contribution in [0.4, 0.5) is 0 Å². The van der Waals surface area contributed by atoms with E-state index >= 15 is 0 Å². The fourth-order valence-electron chi connectivity index (χ4n) is 3.54. The van der Waals surface area contributed by atoms with Crippen LogP contribution in [0, 0.1) is 6.92 Å². The minimum Gasteiger partial charge on any atom is -0.496 e. The van der Waals surface area contributed by atoms with Gasteiger partial charge in [-0.05, 0) is 47.7 Å². The fraction of sp³-hybridized carbons (Fsp3) is 0.450. The van der Waals surface area contributed by atoms with Crippen LogP contribution in [0.5, 0.6) is 5.75 Å². The van der Waals surface area contributed by atoms with Crippen molar-refractivity contribution in [2.24, 2.45) is 0 Å². The number of nitrogens with zero attached hydrogens (tertiary/aromatic N) is 2. The van der Waals surface area contributed by atoms with Gasteiger partial charge in [-0.25, -0.2) is 8.42 Å². The third-order valence-electron chi connectivity index (χ3n) is 5.00. The lowest BCUT2D eigenvalue weighted by atomic mass is 10.0. The Labute approximate surface area is 173 Å². The van der Waals surface area contributed by atoms with E-state index in [4.69, 9.17) is 4.74 Å². The molecule has 28 heavy (non-hydrogen) atoms. The second kappa shape index (κ2) is 9.22. The molecule has 0 saturated carbocycles. The summed E-state index contributed by atoms with van der Waals surface area (Å²) in [5.74, 6) is 0.886. The Morgan fingerprint density at radius 2 is 2.07 bits per heavy atom. The molecule has 0 radical (unpaired) electrons. The van der Waals surface area contributed by atoms with Crippen LogP contribution >= 0.6 is 12.4 Å². The molecule has 154 valence electrons. The summed E-state index contributed by atoms with van der Waals surface area (Å²) in [4.78, 5) is 4.51. The van der Waals surface area contributed by atoms with Crippen LogP contribution in [0.2, 0.25) is 0 Å². The maximum absolute atomic E-state index is 13.6. The van der Waals surface area contributed by atoms with Gasteiger partial charge in [0.1, 0.15) is 5.75 Å². The first-order valence-electron chi connectivity index (χ1n) is 9.17. The number of piperazine rings is 1. The number of hydrogen-bond donors (Lipinski definition) is 1. The van der Waals surface area contributed by atoms with E-state index in [0.717, 1.165) is 16.9 Å². The smallest absolute Gasteiger partial charge is 0.243 e. The van der Waals surface area contributed by atoms with E-state index in [-0.39, 0.29) is 24.4 Å². The Hall–Kier alpha value is -1.67. The number of methoxy groups -OCH3 is 1. The molecule has 6 nitrogen and oxygen atoms in total. The number of rotatable bonds is 5. The molecule has 1 N–H and O–H groups in total. The molecule has 0 aliphatic carbocycles. The zero-order chi connectivity index (χ0) is 19.6. The summed E-state index contributed by atoms with van der Waals surface area (Å²) < 4.78 is 34.3. The van der Waals surface area contributed by atoms with Crippen molar-refractivity contribution in [1.29, 1.82) is 0 Å². The van der Waals surface area contributed by atoms with Gasteiger partial charge in [0.15, 0.2) is 0 Å². The zero-order valence-corrected chi connectivity index (χ0v) is 18.3. The minimum atomic E-state index is -3.66. The van der Waals surface area contributed by atoms with Gasteiger partial charge >= 0.3 is 0 Å². The third-order valence-corrected chi connectivity index (χ3v) is 7.05. The van der Waals surface area contributed by atoms with Crippen molar-refractivity contribution in [2.75, 3.05) is 26.7 Å². The molecule has 3 rings (SSSR count). The summed E-state index contributed by atoms with van der Waals surface area (Å²) in [5, 5.41) is 3.30. The molecule has 0 bridgehead atoms. The van der Waals surface area contributed by atoms with E-state index in [1.165, 1.54) is 0 Å². The summed E-state index contributed by atoms with van der Waals surface area (Å²) in [5.41, 5.74) is 2.48. The summed E-state index contributed by atoms with van der Waals surface area (Å²) >= 11 is 0. The molecule has 2 heterocycles. The normalized spacial score (nSPS) is 18.0. The van der Waals surface area contributed by atoms with Gasteiger partial charge < -0.3 is 10.1 Å². The number of aryl methyl sites for hydroxylation is 1. The van der Waals surface area contributed by atoms with Crippen molar-refractivity contribution >= 4 is 22.4 Å². The average molecular weight is 426 g/mol. The predicted octanol–water partition coefficient (Wildman–Crippen LogP) is 3.28. The van der Waals surface area contributed by atoms with Crippen molar-refractivity contribution in [3.63, 3.8) is 0 Å². The molecule has 1 aromatic heterocycles. The Morgan fingerprint density at radius 3 is 2.68 bits per heavy atom. The number of ether oxygens (including phenoxy) is 1. The molecule has 8 heteroatoms. The first-order chi connectivity index (χ1) is 12.9. The van der Waals surface area contributed by atoms with Gasteiger partial charge in [0.05, 0.1) is 18.0 Å². The van der Waals surface area contributed by atoms with Crippen LogP contribution in [0.1, 0.15) is 42.5 Å². The van der Waals surface area contributed by atoms with Crippen LogP contribution < -0.4 is 10.1 Å². The van der Waals surface area contributed by atoms with E-state index in [9.17, 15) is 8.42 Å². The van der Waals surface area contributed by atoms with Gasteiger partial charge in [0.2, 0.25) is 10.0 Å². The van der Waals surface area contributed by atoms with Crippen LogP contribution in [-0.4, -0.2) is 44.5 Å². The van der Waals surface area contributed by atoms with Gasteiger partial charge in [0.25, 0.3) is 0 Å². The summed E-state index contributed by atoms with van der Waals surface area (Å²) in [6, 6.07) is 7.08. The van der Waals surface area contributed by atoms with Crippen molar-refractivity contribution in [2.45, 2.75) is 37.6 Å². The molecule has 1 aliphatic heterocycles. The largest absolute Gasteiger partial charge is 0.496 e. The number of hydrogen-bond acceptors (Lipinski definition) is 5. The van der Waals surface area contributed by atoms with Gasteiger partial charge in [-0.2, -0.15) is 4.31 Å². The second-order valence-electron chi connectivity index (χ2n) is 7.14. The number of nitrogens with one attached hydrogen (secondary N) is 1. The van der Waals surface area contributed by atoms with Crippen LogP contribution in [0.15, 0.2) is 41.6 Å². The van der Waals surface area contributed by atoms with Gasteiger partial charge in [-0.3, -0.25) is 4.98 Å². The first kappa shape index (κ1) is 22.6. The molecule has 1 aliphatic rings. The molecular weight excluding hydrogens is 398 g/mol. The van der Waals surface area contributed by atoms with E-state index in [0.29, 0.717) is 30.1 Å². The molecular formula is C20H28ClN3O3S. The minimum absolute atomic E-state index is 0. The van der Waals surface area contributed by atoms with Crippen molar-refractivity contribution < 1.29 is 13.2 Å². The quantitative estimate of drug-likeness (QED) is 0.795. The van der Waals surface area contributed by atoms with Gasteiger partial charge in [0, 0.05) is 32.0 Å².